The fourth-order valence-corrected chi connectivity index (χ4v) is 4.39. The fraction of sp³-hybridized carbons (Fsp3) is 0.600. The average molecular weight is 325 g/mol. The molecule has 128 valence electrons. The molecule has 4 rings (SSSR count). The normalized spacial score (nSPS) is 27.2. The number of nitrogens with zero attached hydrogens (tertiary/aromatic N) is 2. The quantitative estimate of drug-likeness (QED) is 0.856. The van der Waals surface area contributed by atoms with Crippen LogP contribution in [-0.2, 0) is 11.2 Å². The summed E-state index contributed by atoms with van der Waals surface area (Å²) in [7, 11) is 1.76. The van der Waals surface area contributed by atoms with E-state index in [1.807, 2.05) is 6.92 Å². The van der Waals surface area contributed by atoms with Crippen molar-refractivity contribution in [3.8, 4) is 0 Å². The molecule has 1 aromatic carbocycles. The van der Waals surface area contributed by atoms with Gasteiger partial charge in [0.1, 0.15) is 0 Å². The highest BCUT2D eigenvalue weighted by Gasteiger charge is 2.43. The predicted molar refractivity (Wildman–Crippen MR) is 97.2 cm³/mol. The molecular weight excluding hydrogens is 298 g/mol. The van der Waals surface area contributed by atoms with E-state index in [1.54, 1.807) is 7.05 Å². The van der Waals surface area contributed by atoms with Crippen LogP contribution in [0.25, 0.3) is 0 Å². The zero-order valence-corrected chi connectivity index (χ0v) is 15.1. The number of carbonyl (C=O) groups excluding carboxylic acids is 1. The molecule has 1 aliphatic carbocycles. The first-order chi connectivity index (χ1) is 11.3. The monoisotopic (exact) mass is 325 g/mol. The molecule has 1 amide bonds. The molecule has 4 nitrogen and oxygen atoms in total. The van der Waals surface area contributed by atoms with Crippen LogP contribution in [0.1, 0.15) is 51.2 Å². The lowest BCUT2D eigenvalue weighted by Gasteiger charge is -2.46. The summed E-state index contributed by atoms with van der Waals surface area (Å²) in [5.74, 6) is 0.0268. The second kappa shape index (κ2) is 5.08. The molecule has 0 radical (unpaired) electrons. The lowest BCUT2D eigenvalue weighted by molar-refractivity contribution is -0.137. The van der Waals surface area contributed by atoms with Crippen molar-refractivity contribution in [1.82, 2.24) is 5.01 Å². The summed E-state index contributed by atoms with van der Waals surface area (Å²) >= 11 is 0. The smallest absolute Gasteiger partial charge is 0.246 e. The van der Waals surface area contributed by atoms with Crippen LogP contribution in [0.5, 0.6) is 0 Å². The Morgan fingerprint density at radius 3 is 2.71 bits per heavy atom. The van der Waals surface area contributed by atoms with Gasteiger partial charge in [-0.05, 0) is 47.9 Å². The number of carbonyl (C=O) groups is 1. The van der Waals surface area contributed by atoms with E-state index in [1.165, 1.54) is 41.9 Å². The van der Waals surface area contributed by atoms with Gasteiger partial charge in [0.2, 0.25) is 5.91 Å². The van der Waals surface area contributed by atoms with Gasteiger partial charge in [-0.25, -0.2) is 5.01 Å². The van der Waals surface area contributed by atoms with Gasteiger partial charge in [0, 0.05) is 30.6 Å². The Hall–Kier alpha value is -1.84. The number of benzene rings is 1. The lowest BCUT2D eigenvalue weighted by Crippen LogP contribution is -2.47. The van der Waals surface area contributed by atoms with Gasteiger partial charge in [-0.1, -0.05) is 33.3 Å². The molecule has 0 bridgehead atoms. The van der Waals surface area contributed by atoms with E-state index in [2.05, 4.69) is 42.5 Å². The van der Waals surface area contributed by atoms with E-state index in [9.17, 15) is 4.79 Å². The van der Waals surface area contributed by atoms with Crippen molar-refractivity contribution in [2.24, 2.45) is 21.8 Å². The van der Waals surface area contributed by atoms with Crippen molar-refractivity contribution < 1.29 is 4.79 Å². The molecular formula is C20H27N3O. The zero-order chi connectivity index (χ0) is 17.1. The number of amides is 1. The molecule has 1 aromatic rings. The Morgan fingerprint density at radius 1 is 1.29 bits per heavy atom. The second-order valence-corrected chi connectivity index (χ2v) is 8.51. The maximum atomic E-state index is 12.3. The predicted octanol–water partition coefficient (Wildman–Crippen LogP) is 3.66. The highest BCUT2D eigenvalue weighted by Crippen LogP contribution is 2.47. The average Bonchev–Trinajstić information content (AvgIpc) is 2.54. The van der Waals surface area contributed by atoms with Crippen molar-refractivity contribution in [3.05, 3.63) is 29.3 Å². The SMILES string of the molecule is CC1C(=O)N(C)N=C(c2ccc3c(c2)CC2(CCC2)CN3)C1(C)C. The fourth-order valence-electron chi connectivity index (χ4n) is 4.39. The third kappa shape index (κ3) is 2.19. The first-order valence-corrected chi connectivity index (χ1v) is 9.06. The summed E-state index contributed by atoms with van der Waals surface area (Å²) in [6.07, 6.45) is 5.21. The van der Waals surface area contributed by atoms with Gasteiger partial charge in [0.15, 0.2) is 0 Å². The van der Waals surface area contributed by atoms with E-state index < -0.39 is 0 Å². The van der Waals surface area contributed by atoms with Crippen LogP contribution < -0.4 is 5.32 Å². The first-order valence-electron chi connectivity index (χ1n) is 9.06. The van der Waals surface area contributed by atoms with Crippen LogP contribution in [0.3, 0.4) is 0 Å². The van der Waals surface area contributed by atoms with E-state index >= 15 is 0 Å². The molecule has 2 aliphatic heterocycles. The van der Waals surface area contributed by atoms with Gasteiger partial charge in [0.25, 0.3) is 0 Å². The van der Waals surface area contributed by atoms with Crippen LogP contribution >= 0.6 is 0 Å². The number of rotatable bonds is 1. The van der Waals surface area contributed by atoms with Crippen LogP contribution in [0.15, 0.2) is 23.3 Å². The molecule has 1 unspecified atom stereocenters. The van der Waals surface area contributed by atoms with Gasteiger partial charge < -0.3 is 5.32 Å². The first kappa shape index (κ1) is 15.7. The highest BCUT2D eigenvalue weighted by molar-refractivity contribution is 6.09. The van der Waals surface area contributed by atoms with Crippen molar-refractivity contribution in [1.29, 1.82) is 0 Å². The molecule has 3 aliphatic rings. The number of hydrogen-bond acceptors (Lipinski definition) is 3. The number of hydrogen-bond donors (Lipinski definition) is 1. The van der Waals surface area contributed by atoms with Crippen LogP contribution in [0.2, 0.25) is 0 Å². The van der Waals surface area contributed by atoms with Gasteiger partial charge in [-0.15, -0.1) is 0 Å². The Kier molecular flexibility index (Phi) is 3.32. The van der Waals surface area contributed by atoms with E-state index in [0.29, 0.717) is 5.41 Å². The Balaban J connectivity index is 1.73. The van der Waals surface area contributed by atoms with Gasteiger partial charge in [-0.2, -0.15) is 5.10 Å². The molecule has 1 spiro atoms. The van der Waals surface area contributed by atoms with Crippen molar-refractivity contribution in [3.63, 3.8) is 0 Å². The third-order valence-electron chi connectivity index (χ3n) is 6.64. The molecule has 1 atom stereocenters. The zero-order valence-electron chi connectivity index (χ0n) is 15.1. The molecule has 4 heteroatoms. The topological polar surface area (TPSA) is 44.7 Å². The number of fused-ring (bicyclic) bond motifs is 1. The Morgan fingerprint density at radius 2 is 2.04 bits per heavy atom. The van der Waals surface area contributed by atoms with Crippen molar-refractivity contribution in [2.45, 2.75) is 46.5 Å². The summed E-state index contributed by atoms with van der Waals surface area (Å²) in [4.78, 5) is 12.3. The summed E-state index contributed by atoms with van der Waals surface area (Å²) in [6, 6.07) is 6.65. The van der Waals surface area contributed by atoms with E-state index in [-0.39, 0.29) is 17.2 Å². The van der Waals surface area contributed by atoms with E-state index in [0.717, 1.165) is 17.8 Å². The molecule has 0 saturated heterocycles. The lowest BCUT2D eigenvalue weighted by atomic mass is 9.63. The number of hydrazone groups is 1. The third-order valence-corrected chi connectivity index (χ3v) is 6.64. The second-order valence-electron chi connectivity index (χ2n) is 8.51. The van der Waals surface area contributed by atoms with Crippen molar-refractivity contribution >= 4 is 17.3 Å². The summed E-state index contributed by atoms with van der Waals surface area (Å²) < 4.78 is 0. The summed E-state index contributed by atoms with van der Waals surface area (Å²) in [6.45, 7) is 7.38. The molecule has 1 fully saturated rings. The van der Waals surface area contributed by atoms with Crippen molar-refractivity contribution in [2.75, 3.05) is 18.9 Å². The van der Waals surface area contributed by atoms with Gasteiger partial charge in [0.05, 0.1) is 5.71 Å². The molecule has 1 N–H and O–H groups in total. The molecule has 1 saturated carbocycles. The highest BCUT2D eigenvalue weighted by atomic mass is 16.2. The summed E-state index contributed by atoms with van der Waals surface area (Å²) in [5, 5.41) is 9.77. The minimum absolute atomic E-state index is 0.0675. The Labute approximate surface area is 144 Å². The van der Waals surface area contributed by atoms with E-state index in [4.69, 9.17) is 0 Å². The molecule has 24 heavy (non-hydrogen) atoms. The number of nitrogens with one attached hydrogen (secondary N) is 1. The maximum Gasteiger partial charge on any atom is 0.246 e. The standard InChI is InChI=1S/C20H27N3O/c1-13-18(24)23(4)22-17(19(13,2)3)14-6-7-16-15(10-14)11-20(12-21-16)8-5-9-20/h6-7,10,13,21H,5,8-9,11-12H2,1-4H3. The van der Waals surface area contributed by atoms with Gasteiger partial charge >= 0.3 is 0 Å². The van der Waals surface area contributed by atoms with Gasteiger partial charge in [-0.3, -0.25) is 4.79 Å². The Bertz CT molecular complexity index is 730. The molecule has 2 heterocycles. The minimum Gasteiger partial charge on any atom is -0.384 e. The minimum atomic E-state index is -0.256. The van der Waals surface area contributed by atoms with Crippen LogP contribution in [-0.4, -0.2) is 30.2 Å². The summed E-state index contributed by atoms with van der Waals surface area (Å²) in [5.41, 5.74) is 5.08. The van der Waals surface area contributed by atoms with Crippen LogP contribution in [0.4, 0.5) is 5.69 Å². The van der Waals surface area contributed by atoms with Crippen LogP contribution in [0, 0.1) is 16.7 Å². The largest absolute Gasteiger partial charge is 0.384 e. The maximum absolute atomic E-state index is 12.3. The molecule has 0 aromatic heterocycles. The number of anilines is 1.